The fourth-order valence-electron chi connectivity index (χ4n) is 2.37. The van der Waals surface area contributed by atoms with Crippen molar-refractivity contribution in [1.82, 2.24) is 5.32 Å². The summed E-state index contributed by atoms with van der Waals surface area (Å²) in [6, 6.07) is 1.63. The molecule has 0 saturated carbocycles. The van der Waals surface area contributed by atoms with Crippen LogP contribution in [0.1, 0.15) is 19.3 Å². The van der Waals surface area contributed by atoms with Crippen molar-refractivity contribution in [2.45, 2.75) is 37.4 Å². The van der Waals surface area contributed by atoms with Crippen LogP contribution in [0, 0.1) is 5.92 Å². The number of piperidine rings is 1. The minimum atomic E-state index is 0.393. The molecule has 0 radical (unpaired) electrons. The Balaban J connectivity index is 2.05. The molecule has 0 aromatic rings. The zero-order valence-corrected chi connectivity index (χ0v) is 6.79. The zero-order valence-electron chi connectivity index (χ0n) is 6.79. The van der Waals surface area contributed by atoms with Gasteiger partial charge in [-0.25, -0.2) is 0 Å². The number of hydrogen-bond donors (Lipinski definition) is 2. The van der Waals surface area contributed by atoms with E-state index in [2.05, 4.69) is 18.0 Å². The summed E-state index contributed by atoms with van der Waals surface area (Å²) >= 11 is 0. The van der Waals surface area contributed by atoms with E-state index in [1.807, 2.05) is 0 Å². The smallest absolute Gasteiger partial charge is 0.0227 e. The van der Waals surface area contributed by atoms with Crippen LogP contribution in [0.5, 0.6) is 0 Å². The molecule has 2 aliphatic heterocycles. The molecule has 4 atom stereocenters. The van der Waals surface area contributed by atoms with E-state index in [1.165, 1.54) is 12.8 Å². The molecule has 2 fully saturated rings. The van der Waals surface area contributed by atoms with Gasteiger partial charge < -0.3 is 11.1 Å². The second kappa shape index (κ2) is 2.61. The molecule has 2 heteroatoms. The number of nitrogens with one attached hydrogen (secondary N) is 1. The number of allylic oxidation sites excluding steroid dienone is 1. The van der Waals surface area contributed by atoms with Crippen LogP contribution in [0.25, 0.3) is 0 Å². The highest BCUT2D eigenvalue weighted by atomic mass is 15.1. The molecule has 11 heavy (non-hydrogen) atoms. The summed E-state index contributed by atoms with van der Waals surface area (Å²) in [5, 5.41) is 3.53. The van der Waals surface area contributed by atoms with E-state index in [1.54, 1.807) is 0 Å². The Labute approximate surface area is 67.8 Å². The summed E-state index contributed by atoms with van der Waals surface area (Å²) in [7, 11) is 0. The maximum atomic E-state index is 5.94. The number of rotatable bonds is 1. The Bertz CT molecular complexity index is 165. The van der Waals surface area contributed by atoms with Gasteiger partial charge in [-0.1, -0.05) is 6.08 Å². The molecule has 3 N–H and O–H groups in total. The number of fused-ring (bicyclic) bond motifs is 2. The lowest BCUT2D eigenvalue weighted by Crippen LogP contribution is -2.42. The Kier molecular flexibility index (Phi) is 1.74. The maximum absolute atomic E-state index is 5.94. The third kappa shape index (κ3) is 1.21. The van der Waals surface area contributed by atoms with Gasteiger partial charge in [-0.15, -0.1) is 6.58 Å². The third-order valence-corrected chi connectivity index (χ3v) is 3.00. The maximum Gasteiger partial charge on any atom is 0.0227 e. The van der Waals surface area contributed by atoms with Crippen LogP contribution in [0.4, 0.5) is 0 Å². The summed E-state index contributed by atoms with van der Waals surface area (Å²) < 4.78 is 0. The van der Waals surface area contributed by atoms with Crippen LogP contribution >= 0.6 is 0 Å². The first-order chi connectivity index (χ1) is 5.29. The summed E-state index contributed by atoms with van der Waals surface area (Å²) in [5.74, 6) is 0.708. The van der Waals surface area contributed by atoms with Gasteiger partial charge in [0.2, 0.25) is 0 Å². The van der Waals surface area contributed by atoms with Crippen LogP contribution in [-0.2, 0) is 0 Å². The standard InChI is InChI=1S/C9H16N2/c1-2-6-3-7-5-8(10)9(4-6)11-7/h2,6-9,11H,1,3-5,10H2/t6?,7?,8-,9-/m1/s1. The molecule has 0 aromatic carbocycles. The average Bonchev–Trinajstić information content (AvgIpc) is 2.26. The summed E-state index contributed by atoms with van der Waals surface area (Å²) in [4.78, 5) is 0. The number of hydrogen-bond acceptors (Lipinski definition) is 2. The van der Waals surface area contributed by atoms with Crippen molar-refractivity contribution in [3.8, 4) is 0 Å². The molecule has 0 amide bonds. The minimum absolute atomic E-state index is 0.393. The quantitative estimate of drug-likeness (QED) is 0.541. The molecule has 0 aromatic heterocycles. The van der Waals surface area contributed by atoms with Crippen LogP contribution in [-0.4, -0.2) is 18.1 Å². The SMILES string of the molecule is C=CC1CC2C[C@@H](N)[C@@H](C1)N2. The summed E-state index contributed by atoms with van der Waals surface area (Å²) in [6.45, 7) is 3.84. The first kappa shape index (κ1) is 7.32. The minimum Gasteiger partial charge on any atom is -0.326 e. The predicted molar refractivity (Wildman–Crippen MR) is 46.2 cm³/mol. The predicted octanol–water partition coefficient (Wildman–Crippen LogP) is 0.640. The number of nitrogens with two attached hydrogens (primary N) is 1. The first-order valence-electron chi connectivity index (χ1n) is 4.44. The molecule has 2 aliphatic rings. The van der Waals surface area contributed by atoms with E-state index >= 15 is 0 Å². The van der Waals surface area contributed by atoms with Crippen molar-refractivity contribution in [1.29, 1.82) is 0 Å². The highest BCUT2D eigenvalue weighted by molar-refractivity contribution is 5.02. The van der Waals surface area contributed by atoms with E-state index in [4.69, 9.17) is 5.73 Å². The Morgan fingerprint density at radius 1 is 1.36 bits per heavy atom. The fraction of sp³-hybridized carbons (Fsp3) is 0.778. The molecule has 2 nitrogen and oxygen atoms in total. The lowest BCUT2D eigenvalue weighted by Gasteiger charge is -2.27. The van der Waals surface area contributed by atoms with Crippen LogP contribution in [0.2, 0.25) is 0 Å². The van der Waals surface area contributed by atoms with Crippen molar-refractivity contribution in [2.75, 3.05) is 0 Å². The molecule has 0 aliphatic carbocycles. The lowest BCUT2D eigenvalue weighted by atomic mass is 9.92. The normalized spacial score (nSPS) is 49.2. The van der Waals surface area contributed by atoms with E-state index in [9.17, 15) is 0 Å². The van der Waals surface area contributed by atoms with Crippen molar-refractivity contribution in [2.24, 2.45) is 11.7 Å². The topological polar surface area (TPSA) is 38.0 Å². The zero-order chi connectivity index (χ0) is 7.84. The highest BCUT2D eigenvalue weighted by Gasteiger charge is 2.37. The van der Waals surface area contributed by atoms with Crippen molar-refractivity contribution in [3.63, 3.8) is 0 Å². The van der Waals surface area contributed by atoms with Gasteiger partial charge in [0.05, 0.1) is 0 Å². The van der Waals surface area contributed by atoms with Crippen LogP contribution < -0.4 is 11.1 Å². The average molecular weight is 152 g/mol. The third-order valence-electron chi connectivity index (χ3n) is 3.00. The van der Waals surface area contributed by atoms with E-state index in [-0.39, 0.29) is 0 Å². The van der Waals surface area contributed by atoms with E-state index in [0.29, 0.717) is 24.0 Å². The fourth-order valence-corrected chi connectivity index (χ4v) is 2.37. The van der Waals surface area contributed by atoms with Gasteiger partial charge in [-0.2, -0.15) is 0 Å². The van der Waals surface area contributed by atoms with Crippen molar-refractivity contribution >= 4 is 0 Å². The molecule has 62 valence electrons. The summed E-state index contributed by atoms with van der Waals surface area (Å²) in [5.41, 5.74) is 5.94. The molecule has 0 spiro atoms. The van der Waals surface area contributed by atoms with Crippen LogP contribution in [0.3, 0.4) is 0 Å². The largest absolute Gasteiger partial charge is 0.326 e. The highest BCUT2D eigenvalue weighted by Crippen LogP contribution is 2.30. The molecule has 2 rings (SSSR count). The second-order valence-electron chi connectivity index (χ2n) is 3.84. The second-order valence-corrected chi connectivity index (χ2v) is 3.84. The Morgan fingerprint density at radius 3 is 2.82 bits per heavy atom. The van der Waals surface area contributed by atoms with Gasteiger partial charge in [0.25, 0.3) is 0 Å². The van der Waals surface area contributed by atoms with Gasteiger partial charge in [-0.05, 0) is 25.2 Å². The monoisotopic (exact) mass is 152 g/mol. The molecular formula is C9H16N2. The molecular weight excluding hydrogens is 136 g/mol. The van der Waals surface area contributed by atoms with E-state index < -0.39 is 0 Å². The van der Waals surface area contributed by atoms with Gasteiger partial charge in [0.15, 0.2) is 0 Å². The Hall–Kier alpha value is -0.340. The molecule has 2 heterocycles. The Morgan fingerprint density at radius 2 is 2.18 bits per heavy atom. The van der Waals surface area contributed by atoms with Crippen molar-refractivity contribution in [3.05, 3.63) is 12.7 Å². The van der Waals surface area contributed by atoms with Gasteiger partial charge >= 0.3 is 0 Å². The van der Waals surface area contributed by atoms with E-state index in [0.717, 1.165) is 6.42 Å². The van der Waals surface area contributed by atoms with Gasteiger partial charge in [-0.3, -0.25) is 0 Å². The first-order valence-corrected chi connectivity index (χ1v) is 4.44. The molecule has 2 bridgehead atoms. The lowest BCUT2D eigenvalue weighted by molar-refractivity contribution is 0.338. The van der Waals surface area contributed by atoms with Crippen LogP contribution in [0.15, 0.2) is 12.7 Å². The van der Waals surface area contributed by atoms with Gasteiger partial charge in [0.1, 0.15) is 0 Å². The summed E-state index contributed by atoms with van der Waals surface area (Å²) in [6.07, 6.45) is 5.68. The molecule has 2 saturated heterocycles. The van der Waals surface area contributed by atoms with Crippen molar-refractivity contribution < 1.29 is 0 Å². The van der Waals surface area contributed by atoms with Gasteiger partial charge in [0, 0.05) is 18.1 Å². The molecule has 2 unspecified atom stereocenters.